The number of pyridine rings is 2. The zero-order valence-electron chi connectivity index (χ0n) is 31.1. The Labute approximate surface area is 333 Å². The van der Waals surface area contributed by atoms with Gasteiger partial charge in [-0.3, -0.25) is 8.97 Å². The van der Waals surface area contributed by atoms with Gasteiger partial charge in [0.15, 0.2) is 14.2 Å². The van der Waals surface area contributed by atoms with Crippen molar-refractivity contribution in [3.63, 3.8) is 0 Å². The maximum Gasteiger partial charge on any atom is 0.189 e. The van der Waals surface area contributed by atoms with Crippen molar-refractivity contribution >= 4 is 78.1 Å². The number of ether oxygens (including phenoxy) is 1. The van der Waals surface area contributed by atoms with Crippen LogP contribution in [0, 0.1) is 0 Å². The summed E-state index contributed by atoms with van der Waals surface area (Å²) in [6.07, 6.45) is 4.24. The first-order valence-corrected chi connectivity index (χ1v) is 21.5. The maximum absolute atomic E-state index is 17.1. The third-order valence-corrected chi connectivity index (χ3v) is 16.9. The number of fused-ring (bicyclic) bond motifs is 12. The Hall–Kier alpha value is -7.35. The molecule has 1 unspecified atom stereocenters. The number of rotatable bonds is 5. The van der Waals surface area contributed by atoms with Gasteiger partial charge in [-0.2, -0.15) is 0 Å². The van der Waals surface area contributed by atoms with Crippen molar-refractivity contribution < 1.29 is 9.13 Å². The van der Waals surface area contributed by atoms with Gasteiger partial charge >= 0.3 is 0 Å². The van der Waals surface area contributed by atoms with E-state index in [2.05, 4.69) is 130 Å². The summed E-state index contributed by atoms with van der Waals surface area (Å²) in [6.45, 7) is 0. The normalized spacial score (nSPS) is 13.8. The molecule has 7 heteroatoms. The van der Waals surface area contributed by atoms with E-state index in [1.54, 1.807) is 6.20 Å². The summed E-state index contributed by atoms with van der Waals surface area (Å²) in [5, 5.41) is 10.1. The minimum absolute atomic E-state index is 0.565. The summed E-state index contributed by atoms with van der Waals surface area (Å²) in [4.78, 5) is 9.72. The van der Waals surface area contributed by atoms with Crippen LogP contribution in [0.4, 0.5) is 4.39 Å². The van der Waals surface area contributed by atoms with Crippen molar-refractivity contribution in [3.8, 4) is 17.2 Å². The lowest BCUT2D eigenvalue weighted by Gasteiger charge is -2.40. The van der Waals surface area contributed by atoms with Crippen LogP contribution in [-0.4, -0.2) is 27.0 Å². The van der Waals surface area contributed by atoms with Crippen molar-refractivity contribution in [3.05, 3.63) is 206 Å². The van der Waals surface area contributed by atoms with Crippen LogP contribution in [0.25, 0.3) is 54.9 Å². The molecule has 1 aliphatic rings. The van der Waals surface area contributed by atoms with E-state index in [9.17, 15) is 0 Å². The van der Waals surface area contributed by atoms with Gasteiger partial charge in [-0.1, -0.05) is 121 Å². The Kier molecular flexibility index (Phi) is 7.12. The SMILES string of the molecule is FC(c1cccc(-n2c3ccc4c(c3c3cccnc32)[Si](c2ccccc2)(c2ccccc2)c2ccccc2O4)c1)c1ccc2c3ccccc3n3ccnc3c2c1. The van der Waals surface area contributed by atoms with Crippen LogP contribution in [-0.2, 0) is 0 Å². The van der Waals surface area contributed by atoms with Crippen molar-refractivity contribution in [1.29, 1.82) is 0 Å². The van der Waals surface area contributed by atoms with E-state index >= 15 is 4.39 Å². The summed E-state index contributed by atoms with van der Waals surface area (Å²) in [7, 11) is -3.01. The standard InChI is InChI=1S/C51H33FN4OSi/c52-48(34-24-25-38-39-19-7-8-21-42(39)55-30-29-54-50(55)41(38)32-34)33-13-11-14-35(31-33)56-43-26-27-45-49(47(43)40-20-12-28-53-51(40)56)58(36-15-3-1-4-16-36,37-17-5-2-6-18-37)46-23-10-9-22-44(46)57-45/h1-32,48H. The molecule has 0 amide bonds. The molecule has 58 heavy (non-hydrogen) atoms. The van der Waals surface area contributed by atoms with Gasteiger partial charge in [-0.05, 0) is 86.7 Å². The molecular formula is C51H33FN4OSi. The number of benzene rings is 7. The molecule has 5 heterocycles. The average molecular weight is 765 g/mol. The molecule has 274 valence electrons. The van der Waals surface area contributed by atoms with Crippen molar-refractivity contribution in [2.45, 2.75) is 6.17 Å². The van der Waals surface area contributed by atoms with E-state index in [1.807, 2.05) is 67.0 Å². The molecule has 12 rings (SSSR count). The van der Waals surface area contributed by atoms with E-state index in [4.69, 9.17) is 14.7 Å². The quantitative estimate of drug-likeness (QED) is 0.130. The fourth-order valence-corrected chi connectivity index (χ4v) is 14.8. The first kappa shape index (κ1) is 32.8. The number of imidazole rings is 1. The Bertz CT molecular complexity index is 3370. The topological polar surface area (TPSA) is 44.4 Å². The van der Waals surface area contributed by atoms with Crippen LogP contribution in [0.1, 0.15) is 17.3 Å². The third-order valence-electron chi connectivity index (χ3n) is 12.0. The highest BCUT2D eigenvalue weighted by atomic mass is 28.3. The summed E-state index contributed by atoms with van der Waals surface area (Å²) < 4.78 is 28.2. The Morgan fingerprint density at radius 1 is 0.517 bits per heavy atom. The van der Waals surface area contributed by atoms with Crippen LogP contribution in [0.3, 0.4) is 0 Å². The molecule has 0 spiro atoms. The number of alkyl halides is 1. The van der Waals surface area contributed by atoms with Crippen molar-refractivity contribution in [1.82, 2.24) is 18.9 Å². The van der Waals surface area contributed by atoms with Crippen molar-refractivity contribution in [2.24, 2.45) is 0 Å². The molecule has 0 bridgehead atoms. The fraction of sp³-hybridized carbons (Fsp3) is 0.0196. The highest BCUT2D eigenvalue weighted by Crippen LogP contribution is 2.39. The van der Waals surface area contributed by atoms with Gasteiger partial charge in [0.1, 0.15) is 22.8 Å². The number of para-hydroxylation sites is 2. The van der Waals surface area contributed by atoms with Gasteiger partial charge in [0, 0.05) is 51.0 Å². The van der Waals surface area contributed by atoms with Crippen LogP contribution in [0.5, 0.6) is 11.5 Å². The van der Waals surface area contributed by atoms with Gasteiger partial charge < -0.3 is 4.74 Å². The van der Waals surface area contributed by atoms with Crippen LogP contribution < -0.4 is 25.5 Å². The Morgan fingerprint density at radius 3 is 2.09 bits per heavy atom. The molecule has 1 atom stereocenters. The number of nitrogens with zero attached hydrogens (tertiary/aromatic N) is 4. The van der Waals surface area contributed by atoms with Crippen LogP contribution in [0.15, 0.2) is 195 Å². The summed E-state index contributed by atoms with van der Waals surface area (Å²) >= 11 is 0. The first-order valence-electron chi connectivity index (χ1n) is 19.5. The van der Waals surface area contributed by atoms with Gasteiger partial charge in [0.05, 0.1) is 11.0 Å². The van der Waals surface area contributed by atoms with Crippen LogP contribution in [0.2, 0.25) is 0 Å². The highest BCUT2D eigenvalue weighted by molar-refractivity contribution is 7.21. The summed E-state index contributed by atoms with van der Waals surface area (Å²) in [5.74, 6) is 1.73. The average Bonchev–Trinajstić information content (AvgIpc) is 3.93. The molecule has 1 aliphatic heterocycles. The molecule has 0 saturated heterocycles. The molecular weight excluding hydrogens is 732 g/mol. The third kappa shape index (κ3) is 4.56. The second-order valence-electron chi connectivity index (χ2n) is 15.0. The van der Waals surface area contributed by atoms with Crippen LogP contribution >= 0.6 is 0 Å². The summed E-state index contributed by atoms with van der Waals surface area (Å²) in [5.41, 5.74) is 5.67. The zero-order chi connectivity index (χ0) is 38.4. The highest BCUT2D eigenvalue weighted by Gasteiger charge is 2.49. The first-order chi connectivity index (χ1) is 28.7. The van der Waals surface area contributed by atoms with E-state index in [1.165, 1.54) is 20.7 Å². The van der Waals surface area contributed by atoms with Gasteiger partial charge in [0.2, 0.25) is 0 Å². The molecule has 11 aromatic rings. The molecule has 0 fully saturated rings. The Morgan fingerprint density at radius 2 is 1.24 bits per heavy atom. The van der Waals surface area contributed by atoms with Gasteiger partial charge in [-0.25, -0.2) is 14.4 Å². The number of halogens is 1. The Balaban J connectivity index is 1.08. The lowest BCUT2D eigenvalue weighted by Crippen LogP contribution is -2.76. The summed E-state index contributed by atoms with van der Waals surface area (Å²) in [6, 6.07) is 60.8. The van der Waals surface area contributed by atoms with Crippen molar-refractivity contribution in [2.75, 3.05) is 0 Å². The molecule has 0 N–H and O–H groups in total. The minimum Gasteiger partial charge on any atom is -0.458 e. The predicted octanol–water partition coefficient (Wildman–Crippen LogP) is 9.67. The van der Waals surface area contributed by atoms with E-state index in [0.717, 1.165) is 66.4 Å². The number of aromatic nitrogens is 4. The lowest BCUT2D eigenvalue weighted by molar-refractivity contribution is 0.402. The minimum atomic E-state index is -3.01. The molecule has 5 nitrogen and oxygen atoms in total. The molecule has 7 aromatic carbocycles. The smallest absolute Gasteiger partial charge is 0.189 e. The fourth-order valence-electron chi connectivity index (χ4n) is 9.66. The number of hydrogen-bond donors (Lipinski definition) is 0. The van der Waals surface area contributed by atoms with E-state index < -0.39 is 14.2 Å². The zero-order valence-corrected chi connectivity index (χ0v) is 32.1. The molecule has 4 aromatic heterocycles. The van der Waals surface area contributed by atoms with E-state index in [-0.39, 0.29) is 0 Å². The van der Waals surface area contributed by atoms with Gasteiger partial charge in [-0.15, -0.1) is 0 Å². The second kappa shape index (κ2) is 12.6. The monoisotopic (exact) mass is 764 g/mol. The van der Waals surface area contributed by atoms with E-state index in [0.29, 0.717) is 11.1 Å². The number of hydrogen-bond acceptors (Lipinski definition) is 3. The predicted molar refractivity (Wildman–Crippen MR) is 235 cm³/mol. The maximum atomic E-state index is 17.1. The molecule has 0 saturated carbocycles. The molecule has 0 aliphatic carbocycles. The lowest BCUT2D eigenvalue weighted by atomic mass is 9.98. The van der Waals surface area contributed by atoms with Gasteiger partial charge in [0.25, 0.3) is 0 Å². The largest absolute Gasteiger partial charge is 0.458 e. The second-order valence-corrected chi connectivity index (χ2v) is 18.7. The molecule has 0 radical (unpaired) electrons.